The van der Waals surface area contributed by atoms with Crippen LogP contribution in [0.15, 0.2) is 34.9 Å². The van der Waals surface area contributed by atoms with Crippen LogP contribution < -0.4 is 0 Å². The van der Waals surface area contributed by atoms with Crippen LogP contribution in [0.2, 0.25) is 0 Å². The molecule has 0 bridgehead atoms. The van der Waals surface area contributed by atoms with Gasteiger partial charge in [0.25, 0.3) is 0 Å². The van der Waals surface area contributed by atoms with Gasteiger partial charge in [-0.2, -0.15) is 5.10 Å². The Bertz CT molecular complexity index is 691. The smallest absolute Gasteiger partial charge is 0.194 e. The zero-order valence-electron chi connectivity index (χ0n) is 10.3. The summed E-state index contributed by atoms with van der Waals surface area (Å²) < 4.78 is 2.45. The highest BCUT2D eigenvalue weighted by atomic mass is 79.9. The van der Waals surface area contributed by atoms with Crippen LogP contribution >= 0.6 is 15.9 Å². The number of Topliss-reactive ketones (excluding diaryl/α,β-unsaturated/α-hetero) is 2. The van der Waals surface area contributed by atoms with Gasteiger partial charge >= 0.3 is 0 Å². The van der Waals surface area contributed by atoms with Crippen molar-refractivity contribution in [1.82, 2.24) is 9.78 Å². The number of ketones is 2. The first-order chi connectivity index (χ1) is 9.08. The minimum absolute atomic E-state index is 0.105. The summed E-state index contributed by atoms with van der Waals surface area (Å²) >= 11 is 3.43. The third-order valence-electron chi connectivity index (χ3n) is 3.39. The molecule has 96 valence electrons. The minimum atomic E-state index is -0.636. The van der Waals surface area contributed by atoms with Gasteiger partial charge in [0.1, 0.15) is 5.69 Å². The van der Waals surface area contributed by atoms with E-state index in [9.17, 15) is 9.59 Å². The zero-order valence-corrected chi connectivity index (χ0v) is 11.8. The SMILES string of the molecule is Cn1ccc(C(=O)C2Cc3c(Br)cccc3C2=O)n1. The Morgan fingerprint density at radius 2 is 2.21 bits per heavy atom. The lowest BCUT2D eigenvalue weighted by Gasteiger charge is -2.03. The number of halogens is 1. The van der Waals surface area contributed by atoms with Crippen LogP contribution in [0.5, 0.6) is 0 Å². The molecule has 0 aliphatic heterocycles. The highest BCUT2D eigenvalue weighted by Crippen LogP contribution is 2.33. The summed E-state index contributed by atoms with van der Waals surface area (Å²) in [7, 11) is 1.75. The van der Waals surface area contributed by atoms with Crippen molar-refractivity contribution in [2.75, 3.05) is 0 Å². The molecule has 3 rings (SSSR count). The molecular weight excluding hydrogens is 308 g/mol. The van der Waals surface area contributed by atoms with Crippen molar-refractivity contribution in [3.05, 3.63) is 51.8 Å². The van der Waals surface area contributed by atoms with Gasteiger partial charge in [-0.05, 0) is 24.1 Å². The van der Waals surface area contributed by atoms with E-state index in [0.717, 1.165) is 10.0 Å². The second-order valence-corrected chi connectivity index (χ2v) is 5.48. The van der Waals surface area contributed by atoms with Gasteiger partial charge in [0.2, 0.25) is 0 Å². The molecule has 5 heteroatoms. The third-order valence-corrected chi connectivity index (χ3v) is 4.13. The van der Waals surface area contributed by atoms with Crippen LogP contribution in [0.3, 0.4) is 0 Å². The Hall–Kier alpha value is -1.75. The van der Waals surface area contributed by atoms with Gasteiger partial charge in [0.05, 0.1) is 5.92 Å². The molecule has 1 heterocycles. The van der Waals surface area contributed by atoms with E-state index in [-0.39, 0.29) is 11.6 Å². The Labute approximate surface area is 118 Å². The first-order valence-corrected chi connectivity index (χ1v) is 6.72. The maximum Gasteiger partial charge on any atom is 0.194 e. The summed E-state index contributed by atoms with van der Waals surface area (Å²) in [6.45, 7) is 0. The molecule has 4 nitrogen and oxygen atoms in total. The fourth-order valence-electron chi connectivity index (χ4n) is 2.42. The summed E-state index contributed by atoms with van der Waals surface area (Å²) in [5.74, 6) is -0.941. The maximum absolute atomic E-state index is 12.3. The van der Waals surface area contributed by atoms with Crippen LogP contribution in [0.1, 0.15) is 26.4 Å². The van der Waals surface area contributed by atoms with Gasteiger partial charge in [0.15, 0.2) is 11.6 Å². The molecule has 2 aromatic rings. The normalized spacial score (nSPS) is 17.6. The highest BCUT2D eigenvalue weighted by Gasteiger charge is 2.37. The third kappa shape index (κ3) is 1.94. The number of fused-ring (bicyclic) bond motifs is 1. The summed E-state index contributed by atoms with van der Waals surface area (Å²) in [5.41, 5.74) is 1.91. The Balaban J connectivity index is 1.96. The zero-order chi connectivity index (χ0) is 13.6. The van der Waals surface area contributed by atoms with E-state index in [4.69, 9.17) is 0 Å². The van der Waals surface area contributed by atoms with Crippen molar-refractivity contribution < 1.29 is 9.59 Å². The Morgan fingerprint density at radius 3 is 2.84 bits per heavy atom. The molecule has 1 aliphatic carbocycles. The number of carbonyl (C=O) groups is 2. The van der Waals surface area contributed by atoms with Crippen molar-refractivity contribution in [2.45, 2.75) is 6.42 Å². The van der Waals surface area contributed by atoms with Gasteiger partial charge in [-0.3, -0.25) is 14.3 Å². The fraction of sp³-hybridized carbons (Fsp3) is 0.214. The second-order valence-electron chi connectivity index (χ2n) is 4.63. The van der Waals surface area contributed by atoms with E-state index in [0.29, 0.717) is 17.7 Å². The van der Waals surface area contributed by atoms with Crippen LogP contribution in [-0.2, 0) is 13.5 Å². The summed E-state index contributed by atoms with van der Waals surface area (Å²) in [6, 6.07) is 7.12. The van der Waals surface area contributed by atoms with Crippen molar-refractivity contribution in [3.8, 4) is 0 Å². The molecule has 1 aliphatic rings. The average Bonchev–Trinajstić information content (AvgIpc) is 2.95. The molecular formula is C14H11BrN2O2. The lowest BCUT2D eigenvalue weighted by Crippen LogP contribution is -2.21. The molecule has 1 unspecified atom stereocenters. The topological polar surface area (TPSA) is 52.0 Å². The monoisotopic (exact) mass is 318 g/mol. The fourth-order valence-corrected chi connectivity index (χ4v) is 2.95. The van der Waals surface area contributed by atoms with Crippen molar-refractivity contribution in [1.29, 1.82) is 0 Å². The predicted molar refractivity (Wildman–Crippen MR) is 73.2 cm³/mol. The molecule has 0 spiro atoms. The average molecular weight is 319 g/mol. The van der Waals surface area contributed by atoms with Crippen molar-refractivity contribution >= 4 is 27.5 Å². The molecule has 0 amide bonds. The van der Waals surface area contributed by atoms with Gasteiger partial charge in [0, 0.05) is 23.3 Å². The molecule has 1 atom stereocenters. The first-order valence-electron chi connectivity index (χ1n) is 5.93. The lowest BCUT2D eigenvalue weighted by atomic mass is 9.97. The van der Waals surface area contributed by atoms with Crippen LogP contribution in [0, 0.1) is 5.92 Å². The van der Waals surface area contributed by atoms with Gasteiger partial charge < -0.3 is 0 Å². The van der Waals surface area contributed by atoms with Gasteiger partial charge in [-0.25, -0.2) is 0 Å². The Kier molecular flexibility index (Phi) is 2.86. The predicted octanol–water partition coefficient (Wildman–Crippen LogP) is 2.42. The number of benzene rings is 1. The lowest BCUT2D eigenvalue weighted by molar-refractivity contribution is 0.0818. The van der Waals surface area contributed by atoms with Crippen molar-refractivity contribution in [2.24, 2.45) is 13.0 Å². The molecule has 0 radical (unpaired) electrons. The minimum Gasteiger partial charge on any atom is -0.293 e. The summed E-state index contributed by atoms with van der Waals surface area (Å²) in [5, 5.41) is 4.08. The second kappa shape index (κ2) is 4.42. The van der Waals surface area contributed by atoms with E-state index in [1.165, 1.54) is 0 Å². The van der Waals surface area contributed by atoms with E-state index in [2.05, 4.69) is 21.0 Å². The van der Waals surface area contributed by atoms with Crippen LogP contribution in [-0.4, -0.2) is 21.3 Å². The summed E-state index contributed by atoms with van der Waals surface area (Å²) in [6.07, 6.45) is 2.15. The van der Waals surface area contributed by atoms with E-state index in [1.807, 2.05) is 12.1 Å². The maximum atomic E-state index is 12.3. The number of hydrogen-bond donors (Lipinski definition) is 0. The highest BCUT2D eigenvalue weighted by molar-refractivity contribution is 9.10. The molecule has 0 N–H and O–H groups in total. The van der Waals surface area contributed by atoms with E-state index < -0.39 is 5.92 Å². The molecule has 1 aromatic carbocycles. The van der Waals surface area contributed by atoms with E-state index >= 15 is 0 Å². The van der Waals surface area contributed by atoms with Gasteiger partial charge in [-0.1, -0.05) is 28.1 Å². The number of rotatable bonds is 2. The van der Waals surface area contributed by atoms with Gasteiger partial charge in [-0.15, -0.1) is 0 Å². The van der Waals surface area contributed by atoms with E-state index in [1.54, 1.807) is 30.1 Å². The Morgan fingerprint density at radius 1 is 1.42 bits per heavy atom. The first kappa shape index (κ1) is 12.3. The number of nitrogens with zero attached hydrogens (tertiary/aromatic N) is 2. The molecule has 0 saturated heterocycles. The number of carbonyl (C=O) groups excluding carboxylic acids is 2. The van der Waals surface area contributed by atoms with Crippen LogP contribution in [0.25, 0.3) is 0 Å². The van der Waals surface area contributed by atoms with Crippen LogP contribution in [0.4, 0.5) is 0 Å². The standard InChI is InChI=1S/C14H11BrN2O2/c1-17-6-5-12(16-17)14(19)10-7-9-8(13(10)18)3-2-4-11(9)15/h2-6,10H,7H2,1H3. The molecule has 1 aromatic heterocycles. The quantitative estimate of drug-likeness (QED) is 0.631. The summed E-state index contributed by atoms with van der Waals surface area (Å²) in [4.78, 5) is 24.6. The molecule has 0 fully saturated rings. The molecule has 19 heavy (non-hydrogen) atoms. The largest absolute Gasteiger partial charge is 0.293 e. The number of hydrogen-bond acceptors (Lipinski definition) is 3. The van der Waals surface area contributed by atoms with Crippen molar-refractivity contribution in [3.63, 3.8) is 0 Å². The molecule has 0 saturated carbocycles. The number of aryl methyl sites for hydroxylation is 1. The number of aromatic nitrogens is 2.